The summed E-state index contributed by atoms with van der Waals surface area (Å²) < 4.78 is 5.00. The highest BCUT2D eigenvalue weighted by atomic mass is 16.5. The maximum Gasteiger partial charge on any atom is 0.290 e. The average Bonchev–Trinajstić information content (AvgIpc) is 2.94. The van der Waals surface area contributed by atoms with Gasteiger partial charge in [-0.15, -0.1) is 0 Å². The highest BCUT2D eigenvalue weighted by Gasteiger charge is 2.17. The van der Waals surface area contributed by atoms with Crippen LogP contribution in [-0.2, 0) is 9.53 Å². The Labute approximate surface area is 144 Å². The molecule has 140 valence electrons. The van der Waals surface area contributed by atoms with Gasteiger partial charge in [-0.25, -0.2) is 0 Å². The van der Waals surface area contributed by atoms with Crippen LogP contribution in [0.3, 0.4) is 0 Å². The SMILES string of the molecule is C1CCCCCCC1.CC.COCCN1CC[C@@H](C)C1.O=CO. The van der Waals surface area contributed by atoms with Crippen LogP contribution in [0.5, 0.6) is 0 Å². The molecule has 2 fully saturated rings. The Morgan fingerprint density at radius 3 is 1.70 bits per heavy atom. The largest absolute Gasteiger partial charge is 0.483 e. The van der Waals surface area contributed by atoms with Crippen LogP contribution in [0, 0.1) is 5.92 Å². The molecule has 2 rings (SSSR count). The minimum atomic E-state index is -0.250. The number of ether oxygens (including phenoxy) is 1. The Morgan fingerprint density at radius 2 is 1.43 bits per heavy atom. The zero-order chi connectivity index (χ0) is 17.8. The van der Waals surface area contributed by atoms with Gasteiger partial charge in [-0.1, -0.05) is 72.1 Å². The van der Waals surface area contributed by atoms with Gasteiger partial charge in [-0.2, -0.15) is 0 Å². The fourth-order valence-corrected chi connectivity index (χ4v) is 2.86. The molecule has 0 radical (unpaired) electrons. The maximum absolute atomic E-state index is 8.36. The van der Waals surface area contributed by atoms with E-state index in [4.69, 9.17) is 14.6 Å². The summed E-state index contributed by atoms with van der Waals surface area (Å²) in [6.07, 6.45) is 13.4. The van der Waals surface area contributed by atoms with Crippen molar-refractivity contribution in [2.75, 3.05) is 33.4 Å². The van der Waals surface area contributed by atoms with E-state index in [-0.39, 0.29) is 6.47 Å². The van der Waals surface area contributed by atoms with Gasteiger partial charge in [0.25, 0.3) is 6.47 Å². The Hall–Kier alpha value is -0.610. The lowest BCUT2D eigenvalue weighted by Gasteiger charge is -2.13. The van der Waals surface area contributed by atoms with E-state index < -0.39 is 0 Å². The molecule has 1 aliphatic carbocycles. The van der Waals surface area contributed by atoms with Crippen molar-refractivity contribution in [3.8, 4) is 0 Å². The van der Waals surface area contributed by atoms with Crippen molar-refractivity contribution < 1.29 is 14.6 Å². The van der Waals surface area contributed by atoms with E-state index in [2.05, 4.69) is 11.8 Å². The summed E-state index contributed by atoms with van der Waals surface area (Å²) in [4.78, 5) is 10.8. The minimum absolute atomic E-state index is 0.250. The molecular weight excluding hydrogens is 290 g/mol. The Morgan fingerprint density at radius 1 is 1.04 bits per heavy atom. The van der Waals surface area contributed by atoms with Crippen molar-refractivity contribution in [1.82, 2.24) is 4.90 Å². The second kappa shape index (κ2) is 21.4. The van der Waals surface area contributed by atoms with Crippen molar-refractivity contribution in [2.24, 2.45) is 5.92 Å². The van der Waals surface area contributed by atoms with Gasteiger partial charge in [0, 0.05) is 20.2 Å². The summed E-state index contributed by atoms with van der Waals surface area (Å²) in [5.41, 5.74) is 0. The molecule has 0 aromatic heterocycles. The number of hydrogen-bond donors (Lipinski definition) is 1. The second-order valence-electron chi connectivity index (χ2n) is 6.12. The van der Waals surface area contributed by atoms with Gasteiger partial charge in [0.2, 0.25) is 0 Å². The van der Waals surface area contributed by atoms with Gasteiger partial charge < -0.3 is 14.7 Å². The summed E-state index contributed by atoms with van der Waals surface area (Å²) in [5, 5.41) is 6.89. The lowest BCUT2D eigenvalue weighted by molar-refractivity contribution is -0.122. The molecule has 0 aromatic carbocycles. The molecular formula is C19H41NO3. The van der Waals surface area contributed by atoms with E-state index in [0.29, 0.717) is 0 Å². The Kier molecular flexibility index (Phi) is 22.9. The fraction of sp³-hybridized carbons (Fsp3) is 0.947. The first-order valence-corrected chi connectivity index (χ1v) is 9.53. The van der Waals surface area contributed by atoms with Crippen LogP contribution in [0.2, 0.25) is 0 Å². The first kappa shape index (κ1) is 24.6. The topological polar surface area (TPSA) is 49.8 Å². The molecule has 2 aliphatic rings. The van der Waals surface area contributed by atoms with Crippen LogP contribution in [-0.4, -0.2) is 49.8 Å². The first-order valence-electron chi connectivity index (χ1n) is 9.53. The van der Waals surface area contributed by atoms with E-state index in [1.54, 1.807) is 7.11 Å². The molecule has 0 amide bonds. The quantitative estimate of drug-likeness (QED) is 0.753. The molecule has 0 spiro atoms. The summed E-state index contributed by atoms with van der Waals surface area (Å²) in [6, 6.07) is 0. The number of likely N-dealkylation sites (tertiary alicyclic amines) is 1. The number of methoxy groups -OCH3 is 1. The van der Waals surface area contributed by atoms with Crippen molar-refractivity contribution in [3.63, 3.8) is 0 Å². The predicted octanol–water partition coefficient (Wildman–Crippen LogP) is 4.82. The molecule has 1 N–H and O–H groups in total. The van der Waals surface area contributed by atoms with Gasteiger partial charge in [-0.3, -0.25) is 4.79 Å². The molecule has 1 heterocycles. The molecule has 0 unspecified atom stereocenters. The van der Waals surface area contributed by atoms with Gasteiger partial charge in [0.1, 0.15) is 0 Å². The number of hydrogen-bond acceptors (Lipinski definition) is 3. The van der Waals surface area contributed by atoms with E-state index in [1.807, 2.05) is 13.8 Å². The van der Waals surface area contributed by atoms with Gasteiger partial charge in [0.15, 0.2) is 0 Å². The molecule has 1 atom stereocenters. The predicted molar refractivity (Wildman–Crippen MR) is 99.1 cm³/mol. The van der Waals surface area contributed by atoms with Crippen molar-refractivity contribution >= 4 is 6.47 Å². The third-order valence-corrected chi connectivity index (χ3v) is 4.12. The standard InChI is InChI=1S/C8H17NO.C8H16.C2H6.CH2O2/c1-8-3-4-9(7-8)5-6-10-2;1-2-4-6-8-7-5-3-1;1-2;2-1-3/h8H,3-7H2,1-2H3;1-8H2;1-2H3;1H,(H,2,3)/t8-;;;/m1.../s1. The van der Waals surface area contributed by atoms with Gasteiger partial charge >= 0.3 is 0 Å². The molecule has 1 saturated carbocycles. The van der Waals surface area contributed by atoms with Crippen molar-refractivity contribution in [3.05, 3.63) is 0 Å². The van der Waals surface area contributed by atoms with Crippen molar-refractivity contribution in [2.45, 2.75) is 78.6 Å². The molecule has 4 nitrogen and oxygen atoms in total. The number of carboxylic acid groups (broad SMARTS) is 1. The summed E-state index contributed by atoms with van der Waals surface area (Å²) in [6.45, 7) is 10.6. The van der Waals surface area contributed by atoms with E-state index >= 15 is 0 Å². The maximum atomic E-state index is 8.36. The van der Waals surface area contributed by atoms with Gasteiger partial charge in [-0.05, 0) is 18.9 Å². The molecule has 23 heavy (non-hydrogen) atoms. The Balaban J connectivity index is 0. The minimum Gasteiger partial charge on any atom is -0.483 e. The van der Waals surface area contributed by atoms with E-state index in [9.17, 15) is 0 Å². The fourth-order valence-electron chi connectivity index (χ4n) is 2.86. The van der Waals surface area contributed by atoms with Crippen LogP contribution < -0.4 is 0 Å². The monoisotopic (exact) mass is 331 g/mol. The lowest BCUT2D eigenvalue weighted by atomic mass is 10.0. The van der Waals surface area contributed by atoms with Gasteiger partial charge in [0.05, 0.1) is 6.61 Å². The second-order valence-corrected chi connectivity index (χ2v) is 6.12. The Bertz CT molecular complexity index is 201. The first-order chi connectivity index (χ1) is 11.2. The molecule has 4 heteroatoms. The average molecular weight is 332 g/mol. The summed E-state index contributed by atoms with van der Waals surface area (Å²) in [7, 11) is 1.76. The lowest BCUT2D eigenvalue weighted by Crippen LogP contribution is -2.24. The zero-order valence-corrected chi connectivity index (χ0v) is 16.1. The number of nitrogens with zero attached hydrogens (tertiary/aromatic N) is 1. The molecule has 0 bridgehead atoms. The van der Waals surface area contributed by atoms with E-state index in [1.165, 1.54) is 70.9 Å². The van der Waals surface area contributed by atoms with E-state index in [0.717, 1.165) is 19.1 Å². The smallest absolute Gasteiger partial charge is 0.290 e. The third kappa shape index (κ3) is 19.3. The summed E-state index contributed by atoms with van der Waals surface area (Å²) >= 11 is 0. The number of carbonyl (C=O) groups is 1. The molecule has 0 aromatic rings. The van der Waals surface area contributed by atoms with Crippen LogP contribution >= 0.6 is 0 Å². The summed E-state index contributed by atoms with van der Waals surface area (Å²) in [5.74, 6) is 0.900. The number of rotatable bonds is 3. The highest BCUT2D eigenvalue weighted by Crippen LogP contribution is 2.15. The van der Waals surface area contributed by atoms with Crippen LogP contribution in [0.25, 0.3) is 0 Å². The molecule has 1 aliphatic heterocycles. The normalized spacial score (nSPS) is 21.1. The van der Waals surface area contributed by atoms with Crippen molar-refractivity contribution in [1.29, 1.82) is 0 Å². The van der Waals surface area contributed by atoms with Crippen LogP contribution in [0.1, 0.15) is 78.6 Å². The molecule has 1 saturated heterocycles. The zero-order valence-electron chi connectivity index (χ0n) is 16.1. The van der Waals surface area contributed by atoms with Crippen LogP contribution in [0.15, 0.2) is 0 Å². The van der Waals surface area contributed by atoms with Crippen LogP contribution in [0.4, 0.5) is 0 Å². The third-order valence-electron chi connectivity index (χ3n) is 4.12. The highest BCUT2D eigenvalue weighted by molar-refractivity contribution is 5.32.